The first-order valence-corrected chi connectivity index (χ1v) is 11.6. The van der Waals surface area contributed by atoms with Crippen molar-refractivity contribution in [3.63, 3.8) is 0 Å². The van der Waals surface area contributed by atoms with Gasteiger partial charge in [-0.05, 0) is 81.3 Å². The Morgan fingerprint density at radius 3 is 2.00 bits per heavy atom. The Morgan fingerprint density at radius 2 is 1.45 bits per heavy atom. The summed E-state index contributed by atoms with van der Waals surface area (Å²) in [5.41, 5.74) is 0.249. The first-order chi connectivity index (χ1) is 14.9. The Bertz CT molecular complexity index is 855. The summed E-state index contributed by atoms with van der Waals surface area (Å²) < 4.78 is 0. The number of aromatic carboxylic acids is 1. The highest BCUT2D eigenvalue weighted by Crippen LogP contribution is 2.55. The summed E-state index contributed by atoms with van der Waals surface area (Å²) in [6.07, 6.45) is 8.78. The fraction of sp³-hybridized carbons (Fsp3) is 0.625. The number of carbonyl (C=O) groups excluding carboxylic acids is 2. The number of amides is 3. The molecule has 0 spiro atoms. The Balaban J connectivity index is 1.14. The van der Waals surface area contributed by atoms with Crippen LogP contribution in [0.1, 0.15) is 72.1 Å². The molecule has 166 valence electrons. The van der Waals surface area contributed by atoms with Gasteiger partial charge in [0, 0.05) is 24.7 Å². The van der Waals surface area contributed by atoms with E-state index in [1.54, 1.807) is 23.1 Å². The molecule has 5 aliphatic rings. The minimum Gasteiger partial charge on any atom is -0.478 e. The minimum atomic E-state index is -1.10. The number of nitrogens with one attached hydrogen (secondary N) is 2. The van der Waals surface area contributed by atoms with E-state index in [2.05, 4.69) is 10.6 Å². The lowest BCUT2D eigenvalue weighted by Gasteiger charge is -2.56. The van der Waals surface area contributed by atoms with E-state index in [9.17, 15) is 19.5 Å². The van der Waals surface area contributed by atoms with Crippen molar-refractivity contribution in [2.75, 3.05) is 13.1 Å². The highest BCUT2D eigenvalue weighted by molar-refractivity contribution is 6.04. The zero-order valence-electron chi connectivity index (χ0n) is 17.8. The topological polar surface area (TPSA) is 98.7 Å². The van der Waals surface area contributed by atoms with Gasteiger partial charge in [0.25, 0.3) is 5.91 Å². The van der Waals surface area contributed by atoms with Crippen LogP contribution in [0.25, 0.3) is 0 Å². The molecular weight excluding hydrogens is 394 g/mol. The number of benzene rings is 1. The second kappa shape index (κ2) is 7.84. The highest BCUT2D eigenvalue weighted by Gasteiger charge is 2.51. The largest absolute Gasteiger partial charge is 0.478 e. The van der Waals surface area contributed by atoms with Crippen molar-refractivity contribution in [3.8, 4) is 0 Å². The van der Waals surface area contributed by atoms with Crippen molar-refractivity contribution in [2.45, 2.75) is 62.9 Å². The molecule has 4 saturated carbocycles. The van der Waals surface area contributed by atoms with Crippen molar-refractivity contribution < 1.29 is 19.5 Å². The van der Waals surface area contributed by atoms with Gasteiger partial charge in [-0.3, -0.25) is 4.79 Å². The number of carboxylic acids is 1. The van der Waals surface area contributed by atoms with E-state index in [1.807, 2.05) is 0 Å². The van der Waals surface area contributed by atoms with E-state index in [1.165, 1.54) is 25.3 Å². The van der Waals surface area contributed by atoms with Crippen LogP contribution < -0.4 is 10.6 Å². The molecule has 1 aliphatic heterocycles. The summed E-state index contributed by atoms with van der Waals surface area (Å²) in [5.74, 6) is 1.01. The van der Waals surface area contributed by atoms with Gasteiger partial charge in [0.05, 0.1) is 11.1 Å². The molecule has 5 fully saturated rings. The van der Waals surface area contributed by atoms with E-state index in [-0.39, 0.29) is 34.6 Å². The number of rotatable bonds is 4. The van der Waals surface area contributed by atoms with Crippen LogP contribution >= 0.6 is 0 Å². The molecule has 0 radical (unpaired) electrons. The molecule has 7 nitrogen and oxygen atoms in total. The molecule has 31 heavy (non-hydrogen) atoms. The van der Waals surface area contributed by atoms with E-state index < -0.39 is 5.97 Å². The molecule has 0 aromatic heterocycles. The number of nitrogens with zero attached hydrogens (tertiary/aromatic N) is 1. The highest BCUT2D eigenvalue weighted by atomic mass is 16.4. The first-order valence-electron chi connectivity index (χ1n) is 11.6. The quantitative estimate of drug-likeness (QED) is 0.690. The van der Waals surface area contributed by atoms with Crippen molar-refractivity contribution in [2.24, 2.45) is 17.8 Å². The zero-order valence-corrected chi connectivity index (χ0v) is 17.8. The number of likely N-dealkylation sites (tertiary alicyclic amines) is 1. The van der Waals surface area contributed by atoms with Crippen molar-refractivity contribution in [1.29, 1.82) is 0 Å². The average Bonchev–Trinajstić information content (AvgIpc) is 2.72. The summed E-state index contributed by atoms with van der Waals surface area (Å²) in [6, 6.07) is 6.30. The zero-order chi connectivity index (χ0) is 21.6. The lowest BCUT2D eigenvalue weighted by Crippen LogP contribution is -2.62. The predicted molar refractivity (Wildman–Crippen MR) is 115 cm³/mol. The molecule has 6 rings (SSSR count). The number of piperidine rings is 1. The lowest BCUT2D eigenvalue weighted by molar-refractivity contribution is -0.0137. The van der Waals surface area contributed by atoms with E-state index in [0.29, 0.717) is 25.9 Å². The smallest absolute Gasteiger partial charge is 0.336 e. The van der Waals surface area contributed by atoms with Gasteiger partial charge >= 0.3 is 12.0 Å². The Morgan fingerprint density at radius 1 is 0.903 bits per heavy atom. The van der Waals surface area contributed by atoms with Gasteiger partial charge in [0.15, 0.2) is 0 Å². The van der Waals surface area contributed by atoms with Crippen LogP contribution in [0.5, 0.6) is 0 Å². The Kier molecular flexibility index (Phi) is 5.15. The van der Waals surface area contributed by atoms with Gasteiger partial charge in [-0.2, -0.15) is 0 Å². The third-order valence-corrected chi connectivity index (χ3v) is 7.92. The van der Waals surface area contributed by atoms with E-state index in [0.717, 1.165) is 37.0 Å². The maximum atomic E-state index is 12.8. The summed E-state index contributed by atoms with van der Waals surface area (Å²) in [5, 5.41) is 15.8. The first kappa shape index (κ1) is 20.3. The molecule has 0 atom stereocenters. The standard InChI is InChI=1S/C24H31N3O4/c28-21(19-3-1-2-4-20(19)22(29)30)27-7-5-18(6-8-27)25-23(31)26-24-12-15-9-16(13-24)11-17(10-15)14-24/h1-4,15-18H,5-14H2,(H,29,30)(H2,25,26,31). The maximum absolute atomic E-state index is 12.8. The van der Waals surface area contributed by atoms with Crippen LogP contribution in [0, 0.1) is 17.8 Å². The summed E-state index contributed by atoms with van der Waals surface area (Å²) in [7, 11) is 0. The van der Waals surface area contributed by atoms with E-state index in [4.69, 9.17) is 0 Å². The molecular formula is C24H31N3O4. The minimum absolute atomic E-state index is 0.00392. The second-order valence-corrected chi connectivity index (χ2v) is 10.2. The van der Waals surface area contributed by atoms with Crippen LogP contribution in [0.2, 0.25) is 0 Å². The maximum Gasteiger partial charge on any atom is 0.336 e. The van der Waals surface area contributed by atoms with Crippen LogP contribution in [0.4, 0.5) is 4.79 Å². The summed E-state index contributed by atoms with van der Waals surface area (Å²) in [4.78, 5) is 38.7. The van der Waals surface area contributed by atoms with E-state index >= 15 is 0 Å². The Labute approximate surface area is 182 Å². The molecule has 0 unspecified atom stereocenters. The van der Waals surface area contributed by atoms with Gasteiger partial charge in [0.1, 0.15) is 0 Å². The van der Waals surface area contributed by atoms with Gasteiger partial charge in [-0.25, -0.2) is 9.59 Å². The number of hydrogen-bond acceptors (Lipinski definition) is 3. The molecule has 1 aromatic carbocycles. The molecule has 3 N–H and O–H groups in total. The molecule has 1 saturated heterocycles. The Hall–Kier alpha value is -2.57. The SMILES string of the molecule is O=C(NC1CCN(C(=O)c2ccccc2C(=O)O)CC1)NC12CC3CC(CC(C3)C1)C2. The average molecular weight is 426 g/mol. The normalized spacial score (nSPS) is 32.0. The van der Waals surface area contributed by atoms with Crippen molar-refractivity contribution in [3.05, 3.63) is 35.4 Å². The second-order valence-electron chi connectivity index (χ2n) is 10.2. The molecule has 4 aliphatic carbocycles. The monoisotopic (exact) mass is 425 g/mol. The van der Waals surface area contributed by atoms with Crippen LogP contribution in [-0.4, -0.2) is 52.6 Å². The van der Waals surface area contributed by atoms with Crippen molar-refractivity contribution >= 4 is 17.9 Å². The van der Waals surface area contributed by atoms with Crippen LogP contribution in [0.3, 0.4) is 0 Å². The third kappa shape index (κ3) is 4.02. The summed E-state index contributed by atoms with van der Waals surface area (Å²) >= 11 is 0. The van der Waals surface area contributed by atoms with Gasteiger partial charge in [0.2, 0.25) is 0 Å². The number of urea groups is 1. The fourth-order valence-corrected chi connectivity index (χ4v) is 6.98. The number of hydrogen-bond donors (Lipinski definition) is 3. The lowest BCUT2D eigenvalue weighted by atomic mass is 9.53. The van der Waals surface area contributed by atoms with Gasteiger partial charge in [-0.1, -0.05) is 12.1 Å². The number of carbonyl (C=O) groups is 3. The fourth-order valence-electron chi connectivity index (χ4n) is 6.98. The predicted octanol–water partition coefficient (Wildman–Crippen LogP) is 3.26. The molecule has 7 heteroatoms. The van der Waals surface area contributed by atoms with Gasteiger partial charge in [-0.15, -0.1) is 0 Å². The molecule has 1 heterocycles. The third-order valence-electron chi connectivity index (χ3n) is 7.92. The summed E-state index contributed by atoms with van der Waals surface area (Å²) in [6.45, 7) is 1.02. The van der Waals surface area contributed by atoms with Crippen LogP contribution in [0.15, 0.2) is 24.3 Å². The van der Waals surface area contributed by atoms with Gasteiger partial charge < -0.3 is 20.6 Å². The number of carboxylic acid groups (broad SMARTS) is 1. The molecule has 1 aromatic rings. The van der Waals surface area contributed by atoms with Crippen LogP contribution in [-0.2, 0) is 0 Å². The van der Waals surface area contributed by atoms with Crippen molar-refractivity contribution in [1.82, 2.24) is 15.5 Å². The molecule has 4 bridgehead atoms. The molecule has 3 amide bonds.